The molecule has 1 heterocycles. The summed E-state index contributed by atoms with van der Waals surface area (Å²) in [5.41, 5.74) is -0.218. The maximum absolute atomic E-state index is 10.0. The summed E-state index contributed by atoms with van der Waals surface area (Å²) in [7, 11) is 0. The van der Waals surface area contributed by atoms with Gasteiger partial charge in [-0.2, -0.15) is 0 Å². The molecule has 0 fully saturated rings. The minimum atomic E-state index is -0.131. The van der Waals surface area contributed by atoms with Gasteiger partial charge in [0.2, 0.25) is 0 Å². The van der Waals surface area contributed by atoms with E-state index in [9.17, 15) is 10.2 Å². The van der Waals surface area contributed by atoms with Crippen molar-refractivity contribution in [2.75, 3.05) is 0 Å². The molecule has 0 atom stereocenters. The van der Waals surface area contributed by atoms with Crippen LogP contribution in [-0.4, -0.2) is 10.2 Å². The predicted octanol–water partition coefficient (Wildman–Crippen LogP) is 4.14. The van der Waals surface area contributed by atoms with E-state index < -0.39 is 0 Å². The first-order chi connectivity index (χ1) is 7.11. The summed E-state index contributed by atoms with van der Waals surface area (Å²) in [6, 6.07) is 0. The van der Waals surface area contributed by atoms with Gasteiger partial charge in [-0.05, 0) is 6.42 Å². The first-order valence-electron chi connectivity index (χ1n) is 5.67. The molecular formula is C13H22O2S. The Labute approximate surface area is 102 Å². The van der Waals surface area contributed by atoms with Gasteiger partial charge in [-0.3, -0.25) is 0 Å². The quantitative estimate of drug-likeness (QED) is 0.818. The third-order valence-electron chi connectivity index (χ3n) is 3.04. The van der Waals surface area contributed by atoms with E-state index in [1.54, 1.807) is 0 Å². The molecule has 92 valence electrons. The lowest BCUT2D eigenvalue weighted by atomic mass is 9.87. The van der Waals surface area contributed by atoms with Crippen LogP contribution in [0, 0.1) is 0 Å². The largest absolute Gasteiger partial charge is 0.503 e. The molecule has 0 aliphatic rings. The molecule has 2 N–H and O–H groups in total. The topological polar surface area (TPSA) is 40.5 Å². The zero-order valence-electron chi connectivity index (χ0n) is 11.0. The zero-order chi connectivity index (χ0) is 12.7. The maximum Gasteiger partial charge on any atom is 0.172 e. The average Bonchev–Trinajstić information content (AvgIpc) is 2.44. The van der Waals surface area contributed by atoms with Crippen LogP contribution < -0.4 is 0 Å². The minimum Gasteiger partial charge on any atom is -0.503 e. The first-order valence-corrected chi connectivity index (χ1v) is 6.48. The van der Waals surface area contributed by atoms with E-state index in [2.05, 4.69) is 20.8 Å². The van der Waals surface area contributed by atoms with Crippen molar-refractivity contribution in [1.29, 1.82) is 0 Å². The summed E-state index contributed by atoms with van der Waals surface area (Å²) in [6.45, 7) is 12.4. The molecule has 0 radical (unpaired) electrons. The molecule has 1 aromatic rings. The Hall–Kier alpha value is -0.700. The van der Waals surface area contributed by atoms with Crippen LogP contribution >= 0.6 is 11.3 Å². The van der Waals surface area contributed by atoms with Crippen molar-refractivity contribution in [2.24, 2.45) is 0 Å². The summed E-state index contributed by atoms with van der Waals surface area (Å²) in [6.07, 6.45) is 0.935. The van der Waals surface area contributed by atoms with Crippen LogP contribution in [-0.2, 0) is 10.8 Å². The molecule has 16 heavy (non-hydrogen) atoms. The Bertz CT molecular complexity index is 383. The van der Waals surface area contributed by atoms with Crippen LogP contribution in [0.2, 0.25) is 0 Å². The summed E-state index contributed by atoms with van der Waals surface area (Å²) in [5.74, 6) is 0.135. The molecule has 0 spiro atoms. The van der Waals surface area contributed by atoms with Crippen molar-refractivity contribution in [3.63, 3.8) is 0 Å². The molecule has 0 aliphatic heterocycles. The first kappa shape index (κ1) is 13.4. The molecule has 0 amide bonds. The zero-order valence-corrected chi connectivity index (χ0v) is 11.8. The van der Waals surface area contributed by atoms with Gasteiger partial charge in [-0.25, -0.2) is 0 Å². The molecule has 1 aromatic heterocycles. The van der Waals surface area contributed by atoms with E-state index >= 15 is 0 Å². The van der Waals surface area contributed by atoms with Gasteiger partial charge in [0.15, 0.2) is 11.5 Å². The fourth-order valence-electron chi connectivity index (χ4n) is 1.54. The van der Waals surface area contributed by atoms with Crippen molar-refractivity contribution >= 4 is 11.3 Å². The van der Waals surface area contributed by atoms with Crippen molar-refractivity contribution in [3.05, 3.63) is 9.75 Å². The third kappa shape index (κ3) is 2.19. The van der Waals surface area contributed by atoms with Crippen LogP contribution in [0.1, 0.15) is 57.7 Å². The van der Waals surface area contributed by atoms with Crippen LogP contribution in [0.4, 0.5) is 0 Å². The summed E-state index contributed by atoms with van der Waals surface area (Å²) in [4.78, 5) is 1.75. The lowest BCUT2D eigenvalue weighted by Crippen LogP contribution is -2.13. The smallest absolute Gasteiger partial charge is 0.172 e. The fourth-order valence-corrected chi connectivity index (χ4v) is 2.86. The van der Waals surface area contributed by atoms with Gasteiger partial charge in [-0.1, -0.05) is 41.5 Å². The Morgan fingerprint density at radius 3 is 1.69 bits per heavy atom. The van der Waals surface area contributed by atoms with E-state index in [0.717, 1.165) is 16.2 Å². The summed E-state index contributed by atoms with van der Waals surface area (Å²) < 4.78 is 0. The van der Waals surface area contributed by atoms with Crippen LogP contribution in [0.5, 0.6) is 11.5 Å². The standard InChI is InChI=1S/C13H22O2S/c1-7-13(5,6)11-9(15)8(14)10(16-11)12(2,3)4/h14-15H,7H2,1-6H3. The second-order valence-corrected chi connectivity index (χ2v) is 6.97. The highest BCUT2D eigenvalue weighted by Gasteiger charge is 2.32. The van der Waals surface area contributed by atoms with Gasteiger partial charge in [0, 0.05) is 10.8 Å². The van der Waals surface area contributed by atoms with Gasteiger partial charge in [0.05, 0.1) is 9.75 Å². The van der Waals surface area contributed by atoms with Crippen molar-refractivity contribution in [2.45, 2.75) is 58.8 Å². The molecule has 0 saturated heterocycles. The van der Waals surface area contributed by atoms with Crippen LogP contribution in [0.25, 0.3) is 0 Å². The van der Waals surface area contributed by atoms with Crippen molar-refractivity contribution in [1.82, 2.24) is 0 Å². The van der Waals surface area contributed by atoms with E-state index in [4.69, 9.17) is 0 Å². The highest BCUT2D eigenvalue weighted by molar-refractivity contribution is 7.13. The normalized spacial score (nSPS) is 13.1. The number of hydrogen-bond donors (Lipinski definition) is 2. The van der Waals surface area contributed by atoms with Crippen molar-refractivity contribution < 1.29 is 10.2 Å². The Morgan fingerprint density at radius 1 is 0.938 bits per heavy atom. The number of thiophene rings is 1. The van der Waals surface area contributed by atoms with Crippen LogP contribution in [0.15, 0.2) is 0 Å². The summed E-state index contributed by atoms with van der Waals surface area (Å²) >= 11 is 1.52. The Balaban J connectivity index is 3.37. The van der Waals surface area contributed by atoms with Gasteiger partial charge in [0.25, 0.3) is 0 Å². The van der Waals surface area contributed by atoms with Gasteiger partial charge in [-0.15, -0.1) is 11.3 Å². The van der Waals surface area contributed by atoms with E-state index in [0.29, 0.717) is 0 Å². The second kappa shape index (κ2) is 3.95. The second-order valence-electron chi connectivity index (χ2n) is 5.94. The molecular weight excluding hydrogens is 220 g/mol. The number of hydrogen-bond acceptors (Lipinski definition) is 3. The molecule has 0 aliphatic carbocycles. The molecule has 0 bridgehead atoms. The van der Waals surface area contributed by atoms with Gasteiger partial charge in [0.1, 0.15) is 0 Å². The predicted molar refractivity (Wildman–Crippen MR) is 69.7 cm³/mol. The van der Waals surface area contributed by atoms with Gasteiger partial charge < -0.3 is 10.2 Å². The highest BCUT2D eigenvalue weighted by atomic mass is 32.1. The van der Waals surface area contributed by atoms with E-state index in [1.807, 2.05) is 20.8 Å². The molecule has 3 heteroatoms. The van der Waals surface area contributed by atoms with E-state index in [1.165, 1.54) is 11.3 Å². The lowest BCUT2D eigenvalue weighted by molar-refractivity contribution is 0.382. The SMILES string of the molecule is CCC(C)(C)c1sc(C(C)(C)C)c(O)c1O. The molecule has 1 rings (SSSR count). The number of rotatable bonds is 2. The maximum atomic E-state index is 10.0. The minimum absolute atomic E-state index is 0.0639. The summed E-state index contributed by atoms with van der Waals surface area (Å²) in [5, 5.41) is 20.0. The molecule has 0 saturated carbocycles. The Morgan fingerprint density at radius 2 is 1.38 bits per heavy atom. The van der Waals surface area contributed by atoms with E-state index in [-0.39, 0.29) is 22.3 Å². The van der Waals surface area contributed by atoms with Crippen LogP contribution in [0.3, 0.4) is 0 Å². The van der Waals surface area contributed by atoms with Gasteiger partial charge >= 0.3 is 0 Å². The monoisotopic (exact) mass is 242 g/mol. The molecule has 0 aromatic carbocycles. The Kier molecular flexibility index (Phi) is 3.30. The molecule has 0 unspecified atom stereocenters. The highest BCUT2D eigenvalue weighted by Crippen LogP contribution is 2.50. The molecule has 2 nitrogen and oxygen atoms in total. The average molecular weight is 242 g/mol. The lowest BCUT2D eigenvalue weighted by Gasteiger charge is -2.21. The van der Waals surface area contributed by atoms with Crippen molar-refractivity contribution in [3.8, 4) is 11.5 Å². The number of aromatic hydroxyl groups is 2. The third-order valence-corrected chi connectivity index (χ3v) is 5.00. The fraction of sp³-hybridized carbons (Fsp3) is 0.692.